The first kappa shape index (κ1) is 15.6. The molecule has 2 aromatic rings. The average Bonchev–Trinajstić information content (AvgIpc) is 3.26. The molecule has 0 aliphatic carbocycles. The van der Waals surface area contributed by atoms with E-state index in [9.17, 15) is 4.79 Å². The number of carbonyl (C=O) groups excluding carboxylic acids is 1. The molecule has 2 aliphatic heterocycles. The third kappa shape index (κ3) is 3.30. The summed E-state index contributed by atoms with van der Waals surface area (Å²) in [4.78, 5) is 21.0. The van der Waals surface area contributed by atoms with E-state index in [2.05, 4.69) is 16.0 Å². The fraction of sp³-hybridized carbons (Fsp3) is 0.444. The van der Waals surface area contributed by atoms with E-state index in [1.165, 1.54) is 16.9 Å². The number of aromatic nitrogens is 1. The first-order valence-electron chi connectivity index (χ1n) is 8.46. The van der Waals surface area contributed by atoms with E-state index in [1.807, 2.05) is 28.5 Å². The smallest absolute Gasteiger partial charge is 0.273 e. The lowest BCUT2D eigenvalue weighted by molar-refractivity contribution is -0.120. The van der Waals surface area contributed by atoms with Crippen molar-refractivity contribution in [3.63, 3.8) is 0 Å². The summed E-state index contributed by atoms with van der Waals surface area (Å²) in [7, 11) is 0. The Morgan fingerprint density at radius 3 is 2.88 bits per heavy atom. The molecule has 126 valence electrons. The topological polar surface area (TPSA) is 45.7 Å². The summed E-state index contributed by atoms with van der Waals surface area (Å²) in [6.07, 6.45) is 4.84. The number of anilines is 1. The summed E-state index contributed by atoms with van der Waals surface area (Å²) >= 11 is 1.53. The molecule has 0 radical (unpaired) electrons. The molecule has 0 unspecified atom stereocenters. The van der Waals surface area contributed by atoms with Crippen LogP contribution >= 0.6 is 11.3 Å². The van der Waals surface area contributed by atoms with E-state index in [4.69, 9.17) is 4.74 Å². The van der Waals surface area contributed by atoms with Crippen molar-refractivity contribution in [3.05, 3.63) is 41.4 Å². The zero-order valence-corrected chi connectivity index (χ0v) is 14.4. The standard InChI is InChI=1S/C18H21N3O2S/c22-17(21-11-5-14-3-1-2-4-16(14)21)13-20-9-6-15(7-10-20)23-18-19-8-12-24-18/h1-4,8,12,15H,5-7,9-11,13H2. The Bertz CT molecular complexity index is 696. The Hall–Kier alpha value is -1.92. The molecule has 2 aliphatic rings. The molecule has 24 heavy (non-hydrogen) atoms. The average molecular weight is 343 g/mol. The van der Waals surface area contributed by atoms with E-state index >= 15 is 0 Å². The third-order valence-corrected chi connectivity index (χ3v) is 5.42. The molecule has 0 atom stereocenters. The van der Waals surface area contributed by atoms with Crippen LogP contribution in [0.25, 0.3) is 0 Å². The van der Waals surface area contributed by atoms with Gasteiger partial charge in [0, 0.05) is 36.9 Å². The van der Waals surface area contributed by atoms with Crippen LogP contribution < -0.4 is 9.64 Å². The van der Waals surface area contributed by atoms with Gasteiger partial charge in [0.1, 0.15) is 6.10 Å². The van der Waals surface area contributed by atoms with E-state index < -0.39 is 0 Å². The highest BCUT2D eigenvalue weighted by Crippen LogP contribution is 2.28. The van der Waals surface area contributed by atoms with Crippen molar-refractivity contribution in [1.82, 2.24) is 9.88 Å². The highest BCUT2D eigenvalue weighted by Gasteiger charge is 2.28. The Labute approximate surface area is 145 Å². The van der Waals surface area contributed by atoms with Gasteiger partial charge in [0.05, 0.1) is 6.54 Å². The molecule has 1 aromatic heterocycles. The number of para-hydroxylation sites is 1. The van der Waals surface area contributed by atoms with E-state index in [1.54, 1.807) is 6.20 Å². The minimum absolute atomic E-state index is 0.208. The van der Waals surface area contributed by atoms with Crippen LogP contribution in [-0.4, -0.2) is 48.1 Å². The van der Waals surface area contributed by atoms with Crippen molar-refractivity contribution >= 4 is 22.9 Å². The lowest BCUT2D eigenvalue weighted by atomic mass is 10.1. The SMILES string of the molecule is O=C(CN1CCC(Oc2nccs2)CC1)N1CCc2ccccc21. The van der Waals surface area contributed by atoms with E-state index in [0.717, 1.165) is 49.8 Å². The number of hydrogen-bond acceptors (Lipinski definition) is 5. The third-order valence-electron chi connectivity index (χ3n) is 4.76. The number of likely N-dealkylation sites (tertiary alicyclic amines) is 1. The van der Waals surface area contributed by atoms with Crippen molar-refractivity contribution in [3.8, 4) is 5.19 Å². The predicted molar refractivity (Wildman–Crippen MR) is 94.7 cm³/mol. The maximum atomic E-state index is 12.7. The molecule has 1 fully saturated rings. The molecule has 0 bridgehead atoms. The number of thiazole rings is 1. The molecule has 4 rings (SSSR count). The van der Waals surface area contributed by atoms with Gasteiger partial charge in [0.2, 0.25) is 5.91 Å². The lowest BCUT2D eigenvalue weighted by Gasteiger charge is -2.32. The van der Waals surface area contributed by atoms with Gasteiger partial charge in [-0.3, -0.25) is 9.69 Å². The Morgan fingerprint density at radius 2 is 2.08 bits per heavy atom. The number of ether oxygens (including phenoxy) is 1. The zero-order valence-electron chi connectivity index (χ0n) is 13.6. The predicted octanol–water partition coefficient (Wildman–Crippen LogP) is 2.58. The summed E-state index contributed by atoms with van der Waals surface area (Å²) in [5.41, 5.74) is 2.37. The van der Waals surface area contributed by atoms with Crippen LogP contribution in [0.4, 0.5) is 5.69 Å². The minimum atomic E-state index is 0.208. The Morgan fingerprint density at radius 1 is 1.25 bits per heavy atom. The largest absolute Gasteiger partial charge is 0.467 e. The van der Waals surface area contributed by atoms with E-state index in [0.29, 0.717) is 6.54 Å². The molecule has 1 saturated heterocycles. The second-order valence-electron chi connectivity index (χ2n) is 6.32. The zero-order chi connectivity index (χ0) is 16.4. The summed E-state index contributed by atoms with van der Waals surface area (Å²) < 4.78 is 5.88. The number of carbonyl (C=O) groups is 1. The quantitative estimate of drug-likeness (QED) is 0.856. The van der Waals surface area contributed by atoms with Gasteiger partial charge >= 0.3 is 0 Å². The number of rotatable bonds is 4. The fourth-order valence-corrected chi connectivity index (χ4v) is 4.02. The minimum Gasteiger partial charge on any atom is -0.467 e. The molecule has 0 N–H and O–H groups in total. The van der Waals surface area contributed by atoms with Crippen molar-refractivity contribution < 1.29 is 9.53 Å². The molecule has 0 saturated carbocycles. The van der Waals surface area contributed by atoms with Gasteiger partial charge in [0.15, 0.2) is 0 Å². The second-order valence-corrected chi connectivity index (χ2v) is 7.17. The monoisotopic (exact) mass is 343 g/mol. The molecular weight excluding hydrogens is 322 g/mol. The van der Waals surface area contributed by atoms with Crippen LogP contribution in [0.2, 0.25) is 0 Å². The molecule has 5 nitrogen and oxygen atoms in total. The van der Waals surface area contributed by atoms with Gasteiger partial charge in [-0.1, -0.05) is 29.5 Å². The number of nitrogens with zero attached hydrogens (tertiary/aromatic N) is 3. The highest BCUT2D eigenvalue weighted by molar-refractivity contribution is 7.11. The van der Waals surface area contributed by atoms with Gasteiger partial charge in [0.25, 0.3) is 5.19 Å². The summed E-state index contributed by atoms with van der Waals surface area (Å²) in [5.74, 6) is 0.208. The Balaban J connectivity index is 1.29. The number of piperidine rings is 1. The van der Waals surface area contributed by atoms with Crippen LogP contribution in [0.15, 0.2) is 35.8 Å². The fourth-order valence-electron chi connectivity index (χ4n) is 3.47. The first-order chi connectivity index (χ1) is 11.8. The summed E-state index contributed by atoms with van der Waals surface area (Å²) in [6, 6.07) is 8.21. The molecular formula is C18H21N3O2S. The lowest BCUT2D eigenvalue weighted by Crippen LogP contribution is -2.44. The molecule has 0 spiro atoms. The number of hydrogen-bond donors (Lipinski definition) is 0. The molecule has 1 aromatic carbocycles. The van der Waals surface area contributed by atoms with Gasteiger partial charge in [-0.05, 0) is 30.9 Å². The number of fused-ring (bicyclic) bond motifs is 1. The first-order valence-corrected chi connectivity index (χ1v) is 9.34. The molecule has 3 heterocycles. The van der Waals surface area contributed by atoms with Crippen molar-refractivity contribution in [2.24, 2.45) is 0 Å². The van der Waals surface area contributed by atoms with Gasteiger partial charge in [-0.25, -0.2) is 4.98 Å². The van der Waals surface area contributed by atoms with E-state index in [-0.39, 0.29) is 12.0 Å². The van der Waals surface area contributed by atoms with Crippen molar-refractivity contribution in [2.75, 3.05) is 31.1 Å². The molecule has 6 heteroatoms. The van der Waals surface area contributed by atoms with Crippen LogP contribution in [0.3, 0.4) is 0 Å². The highest BCUT2D eigenvalue weighted by atomic mass is 32.1. The summed E-state index contributed by atoms with van der Waals surface area (Å²) in [6.45, 7) is 3.11. The second kappa shape index (κ2) is 6.91. The van der Waals surface area contributed by atoms with Crippen LogP contribution in [-0.2, 0) is 11.2 Å². The van der Waals surface area contributed by atoms with Crippen molar-refractivity contribution in [1.29, 1.82) is 0 Å². The Kier molecular flexibility index (Phi) is 4.49. The summed E-state index contributed by atoms with van der Waals surface area (Å²) in [5, 5.41) is 2.68. The van der Waals surface area contributed by atoms with Gasteiger partial charge < -0.3 is 9.64 Å². The maximum Gasteiger partial charge on any atom is 0.273 e. The van der Waals surface area contributed by atoms with Crippen LogP contribution in [0, 0.1) is 0 Å². The number of amides is 1. The van der Waals surface area contributed by atoms with Gasteiger partial charge in [-0.15, -0.1) is 0 Å². The van der Waals surface area contributed by atoms with Crippen LogP contribution in [0.5, 0.6) is 5.19 Å². The van der Waals surface area contributed by atoms with Gasteiger partial charge in [-0.2, -0.15) is 0 Å². The van der Waals surface area contributed by atoms with Crippen LogP contribution in [0.1, 0.15) is 18.4 Å². The molecule has 1 amide bonds. The van der Waals surface area contributed by atoms with Crippen molar-refractivity contribution in [2.45, 2.75) is 25.4 Å². The number of benzene rings is 1. The maximum absolute atomic E-state index is 12.7. The normalized spacial score (nSPS) is 18.6.